The van der Waals surface area contributed by atoms with E-state index in [0.717, 1.165) is 11.1 Å². The molecule has 0 saturated carbocycles. The van der Waals surface area contributed by atoms with Gasteiger partial charge in [0.2, 0.25) is 11.8 Å². The van der Waals surface area contributed by atoms with Crippen LogP contribution in [0.25, 0.3) is 0 Å². The van der Waals surface area contributed by atoms with Gasteiger partial charge in [-0.25, -0.2) is 0 Å². The van der Waals surface area contributed by atoms with Crippen molar-refractivity contribution in [3.8, 4) is 11.5 Å². The maximum absolute atomic E-state index is 13.1. The minimum atomic E-state index is -0.475. The molecule has 6 nitrogen and oxygen atoms in total. The van der Waals surface area contributed by atoms with Gasteiger partial charge in [0.1, 0.15) is 0 Å². The molecule has 1 aliphatic heterocycles. The molecule has 2 aromatic rings. The molecule has 0 spiro atoms. The molecular formula is C24H29ClN2O4. The fourth-order valence-electron chi connectivity index (χ4n) is 4.05. The molecule has 0 bridgehead atoms. The summed E-state index contributed by atoms with van der Waals surface area (Å²) in [6, 6.07) is 12.7. The summed E-state index contributed by atoms with van der Waals surface area (Å²) < 4.78 is 10.7. The lowest BCUT2D eigenvalue weighted by molar-refractivity contribution is -0.128. The van der Waals surface area contributed by atoms with Crippen LogP contribution in [0.5, 0.6) is 11.5 Å². The van der Waals surface area contributed by atoms with Crippen molar-refractivity contribution >= 4 is 23.4 Å². The zero-order chi connectivity index (χ0) is 22.8. The lowest BCUT2D eigenvalue weighted by atomic mass is 9.84. The summed E-state index contributed by atoms with van der Waals surface area (Å²) in [5, 5.41) is 3.64. The minimum absolute atomic E-state index is 0.0516. The summed E-state index contributed by atoms with van der Waals surface area (Å²) >= 11 is 6.15. The Labute approximate surface area is 188 Å². The van der Waals surface area contributed by atoms with E-state index in [-0.39, 0.29) is 29.7 Å². The number of nitrogens with zero attached hydrogens (tertiary/aromatic N) is 1. The highest BCUT2D eigenvalue weighted by Crippen LogP contribution is 2.38. The predicted molar refractivity (Wildman–Crippen MR) is 121 cm³/mol. The van der Waals surface area contributed by atoms with E-state index in [1.807, 2.05) is 36.4 Å². The Hall–Kier alpha value is -2.73. The van der Waals surface area contributed by atoms with Gasteiger partial charge in [-0.3, -0.25) is 9.59 Å². The maximum atomic E-state index is 13.1. The summed E-state index contributed by atoms with van der Waals surface area (Å²) in [7, 11) is 4.92. The van der Waals surface area contributed by atoms with Gasteiger partial charge in [-0.2, -0.15) is 0 Å². The topological polar surface area (TPSA) is 67.9 Å². The van der Waals surface area contributed by atoms with Crippen molar-refractivity contribution in [3.05, 3.63) is 58.6 Å². The summed E-state index contributed by atoms with van der Waals surface area (Å²) in [6.07, 6.45) is 0.177. The molecule has 1 N–H and O–H groups in total. The van der Waals surface area contributed by atoms with Gasteiger partial charge in [0.05, 0.1) is 26.2 Å². The molecule has 2 aromatic carbocycles. The van der Waals surface area contributed by atoms with Gasteiger partial charge in [-0.05, 0) is 35.4 Å². The molecule has 1 fully saturated rings. The summed E-state index contributed by atoms with van der Waals surface area (Å²) in [4.78, 5) is 27.2. The van der Waals surface area contributed by atoms with Crippen molar-refractivity contribution in [2.24, 2.45) is 5.92 Å². The second kappa shape index (κ2) is 9.18. The highest BCUT2D eigenvalue weighted by Gasteiger charge is 2.43. The number of carbonyl (C=O) groups excluding carboxylic acids is 2. The largest absolute Gasteiger partial charge is 0.493 e. The Kier molecular flexibility index (Phi) is 6.80. The quantitative estimate of drug-likeness (QED) is 0.701. The van der Waals surface area contributed by atoms with Gasteiger partial charge in [0, 0.05) is 30.5 Å². The fraction of sp³-hybridized carbons (Fsp3) is 0.417. The van der Waals surface area contributed by atoms with Crippen LogP contribution in [0.3, 0.4) is 0 Å². The molecule has 0 radical (unpaired) electrons. The molecule has 31 heavy (non-hydrogen) atoms. The van der Waals surface area contributed by atoms with E-state index in [9.17, 15) is 9.59 Å². The van der Waals surface area contributed by atoms with E-state index in [4.69, 9.17) is 21.1 Å². The van der Waals surface area contributed by atoms with Gasteiger partial charge >= 0.3 is 0 Å². The van der Waals surface area contributed by atoms with Crippen molar-refractivity contribution < 1.29 is 19.1 Å². The van der Waals surface area contributed by atoms with Crippen LogP contribution in [0, 0.1) is 5.92 Å². The number of likely N-dealkylation sites (tertiary alicyclic amines) is 1. The maximum Gasteiger partial charge on any atom is 0.226 e. The number of nitrogens with one attached hydrogen (secondary N) is 1. The second-order valence-electron chi connectivity index (χ2n) is 8.49. The number of hydrogen-bond acceptors (Lipinski definition) is 4. The lowest BCUT2D eigenvalue weighted by Crippen LogP contribution is -2.41. The number of rotatable bonds is 7. The molecule has 166 valence electrons. The molecule has 3 rings (SSSR count). The first-order valence-corrected chi connectivity index (χ1v) is 10.6. The third-order valence-electron chi connectivity index (χ3n) is 5.98. The average molecular weight is 445 g/mol. The van der Waals surface area contributed by atoms with E-state index in [0.29, 0.717) is 23.1 Å². The van der Waals surface area contributed by atoms with Crippen LogP contribution < -0.4 is 14.8 Å². The zero-order valence-corrected chi connectivity index (χ0v) is 19.3. The number of benzene rings is 2. The molecule has 1 heterocycles. The van der Waals surface area contributed by atoms with E-state index >= 15 is 0 Å². The number of halogens is 1. The third kappa shape index (κ3) is 4.79. The van der Waals surface area contributed by atoms with E-state index in [1.165, 1.54) is 0 Å². The number of ether oxygens (including phenoxy) is 2. The summed E-state index contributed by atoms with van der Waals surface area (Å²) in [5.74, 6) is 0.629. The van der Waals surface area contributed by atoms with Gasteiger partial charge in [-0.15, -0.1) is 0 Å². The Morgan fingerprint density at radius 3 is 2.52 bits per heavy atom. The molecular weight excluding hydrogens is 416 g/mol. The van der Waals surface area contributed by atoms with Crippen LogP contribution in [-0.4, -0.2) is 44.5 Å². The first-order chi connectivity index (χ1) is 14.7. The Morgan fingerprint density at radius 1 is 1.16 bits per heavy atom. The molecule has 7 heteroatoms. The number of amides is 2. The smallest absolute Gasteiger partial charge is 0.226 e. The number of methoxy groups -OCH3 is 2. The minimum Gasteiger partial charge on any atom is -0.493 e. The highest BCUT2D eigenvalue weighted by atomic mass is 35.5. The van der Waals surface area contributed by atoms with Crippen molar-refractivity contribution in [3.63, 3.8) is 0 Å². The Balaban J connectivity index is 1.76. The molecule has 1 saturated heterocycles. The van der Waals surface area contributed by atoms with Crippen molar-refractivity contribution in [1.82, 2.24) is 10.2 Å². The molecule has 0 aromatic heterocycles. The second-order valence-corrected chi connectivity index (χ2v) is 8.92. The summed E-state index contributed by atoms with van der Waals surface area (Å²) in [5.41, 5.74) is 1.52. The van der Waals surface area contributed by atoms with Gasteiger partial charge in [-0.1, -0.05) is 43.6 Å². The Bertz CT molecular complexity index is 976. The predicted octanol–water partition coefficient (Wildman–Crippen LogP) is 3.97. The molecule has 2 atom stereocenters. The van der Waals surface area contributed by atoms with E-state index in [1.54, 1.807) is 32.2 Å². The van der Waals surface area contributed by atoms with Crippen LogP contribution >= 0.6 is 11.6 Å². The molecule has 0 aliphatic carbocycles. The SMILES string of the molecule is COc1ccc(C(C)(C)CNC(=O)C2CC(=O)N(C)C2c2cccc(Cl)c2)cc1OC. The van der Waals surface area contributed by atoms with Crippen LogP contribution in [0.4, 0.5) is 0 Å². The number of carbonyl (C=O) groups is 2. The monoisotopic (exact) mass is 444 g/mol. The molecule has 2 unspecified atom stereocenters. The first kappa shape index (κ1) is 22.9. The van der Waals surface area contributed by atoms with Crippen LogP contribution in [-0.2, 0) is 15.0 Å². The van der Waals surface area contributed by atoms with E-state index in [2.05, 4.69) is 19.2 Å². The van der Waals surface area contributed by atoms with Crippen LogP contribution in [0.15, 0.2) is 42.5 Å². The first-order valence-electron chi connectivity index (χ1n) is 10.2. The third-order valence-corrected chi connectivity index (χ3v) is 6.22. The Morgan fingerprint density at radius 2 is 1.87 bits per heavy atom. The van der Waals surface area contributed by atoms with Crippen molar-refractivity contribution in [2.45, 2.75) is 31.7 Å². The summed E-state index contributed by atoms with van der Waals surface area (Å²) in [6.45, 7) is 4.52. The van der Waals surface area contributed by atoms with Gasteiger partial charge in [0.25, 0.3) is 0 Å². The molecule has 1 aliphatic rings. The van der Waals surface area contributed by atoms with Gasteiger partial charge < -0.3 is 19.7 Å². The average Bonchev–Trinajstić information content (AvgIpc) is 3.06. The lowest BCUT2D eigenvalue weighted by Gasteiger charge is -2.29. The van der Waals surface area contributed by atoms with Crippen molar-refractivity contribution in [1.29, 1.82) is 0 Å². The zero-order valence-electron chi connectivity index (χ0n) is 18.6. The standard InChI is InChI=1S/C24H29ClN2O4/c1-24(2,16-9-10-19(30-4)20(12-16)31-5)14-26-23(29)18-13-21(28)27(3)22(18)15-7-6-8-17(25)11-15/h6-12,18,22H,13-14H2,1-5H3,(H,26,29). The fourth-order valence-corrected chi connectivity index (χ4v) is 4.25. The normalized spacial score (nSPS) is 18.8. The highest BCUT2D eigenvalue weighted by molar-refractivity contribution is 6.30. The van der Waals surface area contributed by atoms with Gasteiger partial charge in [0.15, 0.2) is 11.5 Å². The van der Waals surface area contributed by atoms with Crippen LogP contribution in [0.1, 0.15) is 37.4 Å². The molecule has 2 amide bonds. The van der Waals surface area contributed by atoms with Crippen LogP contribution in [0.2, 0.25) is 5.02 Å². The number of hydrogen-bond donors (Lipinski definition) is 1. The van der Waals surface area contributed by atoms with E-state index < -0.39 is 5.92 Å². The van der Waals surface area contributed by atoms with Crippen molar-refractivity contribution in [2.75, 3.05) is 27.8 Å².